The smallest absolute Gasteiger partial charge is 0.230 e. The van der Waals surface area contributed by atoms with Crippen LogP contribution in [0.25, 0.3) is 10.9 Å². The van der Waals surface area contributed by atoms with Crippen molar-refractivity contribution in [2.75, 3.05) is 5.75 Å². The second-order valence-corrected chi connectivity index (χ2v) is 8.08. The predicted molar refractivity (Wildman–Crippen MR) is 112 cm³/mol. The molecule has 0 saturated heterocycles. The molecule has 1 aromatic heterocycles. The number of rotatable bonds is 7. The number of hydrogen-bond acceptors (Lipinski definition) is 4. The highest BCUT2D eigenvalue weighted by atomic mass is 32.2. The number of amides is 1. The summed E-state index contributed by atoms with van der Waals surface area (Å²) in [5.41, 5.74) is 3.34. The number of thioether (sulfide) groups is 1. The van der Waals surface area contributed by atoms with Gasteiger partial charge in [0.1, 0.15) is 11.4 Å². The molecule has 5 heteroatoms. The molecule has 1 atom stereocenters. The van der Waals surface area contributed by atoms with Gasteiger partial charge in [-0.15, -0.1) is 0 Å². The van der Waals surface area contributed by atoms with Crippen molar-refractivity contribution in [1.29, 1.82) is 0 Å². The second kappa shape index (κ2) is 9.00. The first-order chi connectivity index (χ1) is 13.0. The zero-order valence-corrected chi connectivity index (χ0v) is 16.8. The summed E-state index contributed by atoms with van der Waals surface area (Å²) in [5, 5.41) is 4.88. The Morgan fingerprint density at radius 3 is 2.52 bits per heavy atom. The summed E-state index contributed by atoms with van der Waals surface area (Å²) >= 11 is 1.44. The van der Waals surface area contributed by atoms with E-state index in [1.165, 1.54) is 17.3 Å². The first-order valence-electron chi connectivity index (χ1n) is 9.23. The molecule has 0 bridgehead atoms. The van der Waals surface area contributed by atoms with Crippen LogP contribution in [0.2, 0.25) is 0 Å². The van der Waals surface area contributed by atoms with Crippen LogP contribution in [0, 0.1) is 5.92 Å². The Labute approximate surface area is 164 Å². The number of nitrogens with one attached hydrogen (secondary N) is 1. The summed E-state index contributed by atoms with van der Waals surface area (Å²) in [6, 6.07) is 16.3. The molecule has 2 aromatic carbocycles. The zero-order chi connectivity index (χ0) is 19.2. The molecule has 140 valence electrons. The van der Waals surface area contributed by atoms with E-state index in [1.807, 2.05) is 31.2 Å². The SMILES string of the molecule is CC(C)Cc1ccc([C@@H](C)NC(=O)CSc2ncnc3ccccc23)cc1. The summed E-state index contributed by atoms with van der Waals surface area (Å²) in [6.45, 7) is 6.45. The third-order valence-corrected chi connectivity index (χ3v) is 5.35. The van der Waals surface area contributed by atoms with Crippen LogP contribution in [0.1, 0.15) is 37.9 Å². The third-order valence-electron chi connectivity index (χ3n) is 4.35. The first kappa shape index (κ1) is 19.4. The van der Waals surface area contributed by atoms with Crippen LogP contribution in [0.5, 0.6) is 0 Å². The van der Waals surface area contributed by atoms with Gasteiger partial charge in [0.25, 0.3) is 0 Å². The fraction of sp³-hybridized carbons (Fsp3) is 0.318. The Bertz CT molecular complexity index is 904. The van der Waals surface area contributed by atoms with Crippen molar-refractivity contribution in [3.05, 3.63) is 66.0 Å². The van der Waals surface area contributed by atoms with Crippen molar-refractivity contribution in [3.8, 4) is 0 Å². The molecule has 1 N–H and O–H groups in total. The highest BCUT2D eigenvalue weighted by Crippen LogP contribution is 2.24. The average Bonchev–Trinajstić information content (AvgIpc) is 2.66. The molecule has 0 aliphatic rings. The van der Waals surface area contributed by atoms with E-state index in [9.17, 15) is 4.79 Å². The summed E-state index contributed by atoms with van der Waals surface area (Å²) in [7, 11) is 0. The van der Waals surface area contributed by atoms with Crippen LogP contribution in [0.3, 0.4) is 0 Å². The van der Waals surface area contributed by atoms with Crippen molar-refractivity contribution < 1.29 is 4.79 Å². The van der Waals surface area contributed by atoms with Gasteiger partial charge in [-0.25, -0.2) is 9.97 Å². The molecule has 0 spiro atoms. The zero-order valence-electron chi connectivity index (χ0n) is 16.0. The van der Waals surface area contributed by atoms with Crippen molar-refractivity contribution in [3.63, 3.8) is 0 Å². The largest absolute Gasteiger partial charge is 0.349 e. The van der Waals surface area contributed by atoms with Gasteiger partial charge in [-0.3, -0.25) is 4.79 Å². The van der Waals surface area contributed by atoms with E-state index in [2.05, 4.69) is 53.4 Å². The molecular formula is C22H25N3OS. The van der Waals surface area contributed by atoms with E-state index in [-0.39, 0.29) is 11.9 Å². The van der Waals surface area contributed by atoms with E-state index >= 15 is 0 Å². The molecule has 0 aliphatic heterocycles. The lowest BCUT2D eigenvalue weighted by Gasteiger charge is -2.15. The standard InChI is InChI=1S/C22H25N3OS/c1-15(2)12-17-8-10-18(11-9-17)16(3)25-21(26)13-27-22-19-6-4-5-7-20(19)23-14-24-22/h4-11,14-16H,12-13H2,1-3H3,(H,25,26)/t16-/m1/s1. The minimum atomic E-state index is -0.0201. The maximum atomic E-state index is 12.4. The summed E-state index contributed by atoms with van der Waals surface area (Å²) in [4.78, 5) is 21.0. The van der Waals surface area contributed by atoms with Gasteiger partial charge in [0.2, 0.25) is 5.91 Å². The number of carbonyl (C=O) groups is 1. The van der Waals surface area contributed by atoms with Crippen LogP contribution in [-0.2, 0) is 11.2 Å². The summed E-state index contributed by atoms with van der Waals surface area (Å²) in [5.74, 6) is 0.973. The fourth-order valence-corrected chi connectivity index (χ4v) is 3.81. The number of benzene rings is 2. The van der Waals surface area contributed by atoms with Crippen LogP contribution in [-0.4, -0.2) is 21.6 Å². The molecular weight excluding hydrogens is 354 g/mol. The lowest BCUT2D eigenvalue weighted by atomic mass is 10.00. The Hall–Kier alpha value is -2.40. The monoisotopic (exact) mass is 379 g/mol. The Morgan fingerprint density at radius 2 is 1.78 bits per heavy atom. The molecule has 0 saturated carbocycles. The maximum Gasteiger partial charge on any atom is 0.230 e. The van der Waals surface area contributed by atoms with Gasteiger partial charge in [0.15, 0.2) is 0 Å². The predicted octanol–water partition coefficient (Wildman–Crippen LogP) is 4.80. The first-order valence-corrected chi connectivity index (χ1v) is 10.2. The van der Waals surface area contributed by atoms with Crippen molar-refractivity contribution in [2.24, 2.45) is 5.92 Å². The average molecular weight is 380 g/mol. The third kappa shape index (κ3) is 5.30. The van der Waals surface area contributed by atoms with Crippen molar-refractivity contribution in [2.45, 2.75) is 38.3 Å². The normalized spacial score (nSPS) is 12.3. The Balaban J connectivity index is 1.57. The molecule has 27 heavy (non-hydrogen) atoms. The van der Waals surface area contributed by atoms with E-state index in [0.717, 1.165) is 27.9 Å². The number of para-hydroxylation sites is 1. The van der Waals surface area contributed by atoms with Crippen molar-refractivity contribution in [1.82, 2.24) is 15.3 Å². The molecule has 1 amide bonds. The molecule has 0 radical (unpaired) electrons. The van der Waals surface area contributed by atoms with E-state index in [0.29, 0.717) is 11.7 Å². The van der Waals surface area contributed by atoms with Crippen LogP contribution < -0.4 is 5.32 Å². The number of hydrogen-bond donors (Lipinski definition) is 1. The van der Waals surface area contributed by atoms with Crippen LogP contribution >= 0.6 is 11.8 Å². The van der Waals surface area contributed by atoms with Crippen LogP contribution in [0.4, 0.5) is 0 Å². The number of nitrogens with zero attached hydrogens (tertiary/aromatic N) is 2. The van der Waals surface area contributed by atoms with Gasteiger partial charge < -0.3 is 5.32 Å². The van der Waals surface area contributed by atoms with Gasteiger partial charge in [-0.05, 0) is 36.5 Å². The fourth-order valence-electron chi connectivity index (χ4n) is 3.01. The van der Waals surface area contributed by atoms with Gasteiger partial charge in [-0.2, -0.15) is 0 Å². The second-order valence-electron chi connectivity index (χ2n) is 7.11. The molecule has 0 fully saturated rings. The molecule has 1 heterocycles. The van der Waals surface area contributed by atoms with Gasteiger partial charge in [0.05, 0.1) is 17.3 Å². The lowest BCUT2D eigenvalue weighted by Crippen LogP contribution is -2.28. The number of aromatic nitrogens is 2. The quantitative estimate of drug-likeness (QED) is 0.473. The van der Waals surface area contributed by atoms with Gasteiger partial charge in [-0.1, -0.05) is 68.1 Å². The maximum absolute atomic E-state index is 12.4. The Morgan fingerprint density at radius 1 is 1.04 bits per heavy atom. The van der Waals surface area contributed by atoms with Crippen LogP contribution in [0.15, 0.2) is 59.9 Å². The lowest BCUT2D eigenvalue weighted by molar-refractivity contribution is -0.119. The van der Waals surface area contributed by atoms with E-state index < -0.39 is 0 Å². The summed E-state index contributed by atoms with van der Waals surface area (Å²) in [6.07, 6.45) is 2.62. The van der Waals surface area contributed by atoms with Crippen molar-refractivity contribution >= 4 is 28.6 Å². The molecule has 0 unspecified atom stereocenters. The highest BCUT2D eigenvalue weighted by Gasteiger charge is 2.12. The number of fused-ring (bicyclic) bond motifs is 1. The topological polar surface area (TPSA) is 54.9 Å². The summed E-state index contributed by atoms with van der Waals surface area (Å²) < 4.78 is 0. The van der Waals surface area contributed by atoms with E-state index in [1.54, 1.807) is 6.33 Å². The molecule has 3 rings (SSSR count). The minimum absolute atomic E-state index is 0.00134. The van der Waals surface area contributed by atoms with E-state index in [4.69, 9.17) is 0 Å². The molecule has 4 nitrogen and oxygen atoms in total. The van der Waals surface area contributed by atoms with Gasteiger partial charge >= 0.3 is 0 Å². The molecule has 3 aromatic rings. The minimum Gasteiger partial charge on any atom is -0.349 e. The molecule has 0 aliphatic carbocycles. The van der Waals surface area contributed by atoms with Gasteiger partial charge in [0, 0.05) is 5.39 Å². The Kier molecular flexibility index (Phi) is 6.45. The highest BCUT2D eigenvalue weighted by molar-refractivity contribution is 8.00. The number of carbonyl (C=O) groups excluding carboxylic acids is 1.